The summed E-state index contributed by atoms with van der Waals surface area (Å²) in [5.41, 5.74) is 0.714. The van der Waals surface area contributed by atoms with Gasteiger partial charge in [0, 0.05) is 5.02 Å². The number of hydrogen-bond donors (Lipinski definition) is 1. The maximum Gasteiger partial charge on any atom is 0.348 e. The zero-order chi connectivity index (χ0) is 20.1. The van der Waals surface area contributed by atoms with E-state index < -0.39 is 18.0 Å². The van der Waals surface area contributed by atoms with Crippen molar-refractivity contribution in [3.8, 4) is 11.8 Å². The quantitative estimate of drug-likeness (QED) is 0.710. The molecule has 1 aromatic carbocycles. The van der Waals surface area contributed by atoms with Crippen LogP contribution in [0.4, 0.5) is 5.00 Å². The molecule has 1 amide bonds. The Morgan fingerprint density at radius 3 is 2.59 bits per heavy atom. The number of rotatable bonds is 6. The highest BCUT2D eigenvalue weighted by atomic mass is 35.5. The summed E-state index contributed by atoms with van der Waals surface area (Å²) < 4.78 is 10.8. The van der Waals surface area contributed by atoms with Gasteiger partial charge in [0.25, 0.3) is 5.91 Å². The summed E-state index contributed by atoms with van der Waals surface area (Å²) in [6.45, 7) is 6.71. The van der Waals surface area contributed by atoms with Crippen molar-refractivity contribution in [1.29, 1.82) is 5.26 Å². The average Bonchev–Trinajstić information content (AvgIpc) is 2.89. The molecule has 0 aliphatic heterocycles. The highest BCUT2D eigenvalue weighted by Gasteiger charge is 2.24. The van der Waals surface area contributed by atoms with Crippen molar-refractivity contribution in [3.05, 3.63) is 45.3 Å². The lowest BCUT2D eigenvalue weighted by atomic mass is 10.1. The second kappa shape index (κ2) is 8.89. The fraction of sp³-hybridized carbons (Fsp3) is 0.316. The van der Waals surface area contributed by atoms with E-state index in [1.54, 1.807) is 52.0 Å². The minimum Gasteiger partial charge on any atom is -0.481 e. The molecular weight excluding hydrogens is 388 g/mol. The van der Waals surface area contributed by atoms with Crippen LogP contribution < -0.4 is 10.1 Å². The summed E-state index contributed by atoms with van der Waals surface area (Å²) >= 11 is 6.91. The van der Waals surface area contributed by atoms with Gasteiger partial charge in [-0.25, -0.2) is 4.79 Å². The number of esters is 1. The maximum absolute atomic E-state index is 12.5. The number of carbonyl (C=O) groups is 2. The van der Waals surface area contributed by atoms with E-state index in [2.05, 4.69) is 5.32 Å². The molecule has 1 aromatic heterocycles. The molecule has 6 nitrogen and oxygen atoms in total. The Morgan fingerprint density at radius 1 is 1.30 bits per heavy atom. The number of hydrogen-bond acceptors (Lipinski definition) is 6. The van der Waals surface area contributed by atoms with Crippen molar-refractivity contribution in [2.75, 3.05) is 5.32 Å². The standard InChI is InChI=1S/C19H19ClN2O4S/c1-10(2)25-19(24)16-11(3)15(9-21)18(27-16)22-17(23)12(4)26-14-7-5-6-13(20)8-14/h5-8,10,12H,1-4H3,(H,22,23)/t12-/m0/s1. The molecule has 1 N–H and O–H groups in total. The van der Waals surface area contributed by atoms with Crippen LogP contribution >= 0.6 is 22.9 Å². The molecule has 0 bridgehead atoms. The van der Waals surface area contributed by atoms with Crippen LogP contribution in [0.2, 0.25) is 5.02 Å². The van der Waals surface area contributed by atoms with E-state index in [-0.39, 0.29) is 16.7 Å². The Hall–Kier alpha value is -2.56. The minimum atomic E-state index is -0.830. The van der Waals surface area contributed by atoms with Crippen LogP contribution in [0.25, 0.3) is 0 Å². The van der Waals surface area contributed by atoms with Gasteiger partial charge in [-0.3, -0.25) is 4.79 Å². The van der Waals surface area contributed by atoms with Crippen LogP contribution in [0.3, 0.4) is 0 Å². The molecule has 0 aliphatic rings. The molecule has 1 heterocycles. The van der Waals surface area contributed by atoms with Gasteiger partial charge in [0.15, 0.2) is 6.10 Å². The highest BCUT2D eigenvalue weighted by Crippen LogP contribution is 2.33. The zero-order valence-corrected chi connectivity index (χ0v) is 16.9. The molecule has 142 valence electrons. The third kappa shape index (κ3) is 5.22. The molecule has 27 heavy (non-hydrogen) atoms. The van der Waals surface area contributed by atoms with Crippen LogP contribution in [-0.2, 0) is 9.53 Å². The molecule has 1 atom stereocenters. The molecule has 0 aliphatic carbocycles. The van der Waals surface area contributed by atoms with Crippen molar-refractivity contribution < 1.29 is 19.1 Å². The molecule has 2 rings (SSSR count). The number of amides is 1. The Labute approximate surface area is 166 Å². The van der Waals surface area contributed by atoms with E-state index in [9.17, 15) is 14.9 Å². The summed E-state index contributed by atoms with van der Waals surface area (Å²) in [5, 5.41) is 12.8. The third-order valence-electron chi connectivity index (χ3n) is 3.50. The lowest BCUT2D eigenvalue weighted by Gasteiger charge is -2.14. The van der Waals surface area contributed by atoms with E-state index in [1.807, 2.05) is 6.07 Å². The number of nitriles is 1. The number of nitrogens with one attached hydrogen (secondary N) is 1. The Morgan fingerprint density at radius 2 is 2.00 bits per heavy atom. The lowest BCUT2D eigenvalue weighted by molar-refractivity contribution is -0.122. The third-order valence-corrected chi connectivity index (χ3v) is 4.92. The molecular formula is C19H19ClN2O4S. The monoisotopic (exact) mass is 406 g/mol. The van der Waals surface area contributed by atoms with Gasteiger partial charge in [-0.1, -0.05) is 17.7 Å². The van der Waals surface area contributed by atoms with Gasteiger partial charge in [0.1, 0.15) is 21.7 Å². The SMILES string of the molecule is Cc1c(C(=O)OC(C)C)sc(NC(=O)[C@H](C)Oc2cccc(Cl)c2)c1C#N. The normalized spacial score (nSPS) is 11.6. The van der Waals surface area contributed by atoms with Gasteiger partial charge in [0.2, 0.25) is 0 Å². The summed E-state index contributed by atoms with van der Waals surface area (Å²) in [7, 11) is 0. The molecule has 0 radical (unpaired) electrons. The first-order valence-corrected chi connectivity index (χ1v) is 9.40. The number of halogens is 1. The Balaban J connectivity index is 2.17. The van der Waals surface area contributed by atoms with Crippen LogP contribution in [0.5, 0.6) is 5.75 Å². The van der Waals surface area contributed by atoms with Crippen molar-refractivity contribution >= 4 is 39.8 Å². The largest absolute Gasteiger partial charge is 0.481 e. The second-order valence-electron chi connectivity index (χ2n) is 6.03. The van der Waals surface area contributed by atoms with Crippen molar-refractivity contribution in [1.82, 2.24) is 0 Å². The second-order valence-corrected chi connectivity index (χ2v) is 7.49. The Bertz CT molecular complexity index is 902. The van der Waals surface area contributed by atoms with Crippen molar-refractivity contribution in [2.24, 2.45) is 0 Å². The number of benzene rings is 1. The maximum atomic E-state index is 12.5. The zero-order valence-electron chi connectivity index (χ0n) is 15.3. The van der Waals surface area contributed by atoms with Gasteiger partial charge >= 0.3 is 5.97 Å². The van der Waals surface area contributed by atoms with Crippen LogP contribution in [0, 0.1) is 18.3 Å². The molecule has 8 heteroatoms. The number of anilines is 1. The first-order valence-electron chi connectivity index (χ1n) is 8.20. The van der Waals surface area contributed by atoms with Crippen LogP contribution in [-0.4, -0.2) is 24.1 Å². The van der Waals surface area contributed by atoms with Gasteiger partial charge in [-0.15, -0.1) is 11.3 Å². The van der Waals surface area contributed by atoms with E-state index in [0.717, 1.165) is 11.3 Å². The summed E-state index contributed by atoms with van der Waals surface area (Å²) in [4.78, 5) is 24.9. The van der Waals surface area contributed by atoms with Gasteiger partial charge in [-0.05, 0) is 51.5 Å². The summed E-state index contributed by atoms with van der Waals surface area (Å²) in [5.74, 6) is -0.515. The Kier molecular flexibility index (Phi) is 6.83. The topological polar surface area (TPSA) is 88.4 Å². The summed E-state index contributed by atoms with van der Waals surface area (Å²) in [6, 6.07) is 8.72. The van der Waals surface area contributed by atoms with E-state index in [4.69, 9.17) is 21.1 Å². The van der Waals surface area contributed by atoms with E-state index >= 15 is 0 Å². The molecule has 0 saturated heterocycles. The van der Waals surface area contributed by atoms with E-state index in [0.29, 0.717) is 21.2 Å². The first kappa shape index (κ1) is 20.7. The molecule has 0 fully saturated rings. The van der Waals surface area contributed by atoms with E-state index in [1.165, 1.54) is 0 Å². The molecule has 0 spiro atoms. The molecule has 0 saturated carbocycles. The average molecular weight is 407 g/mol. The van der Waals surface area contributed by atoms with Gasteiger partial charge in [0.05, 0.1) is 11.7 Å². The number of nitrogens with zero attached hydrogens (tertiary/aromatic N) is 1. The van der Waals surface area contributed by atoms with Crippen LogP contribution in [0.15, 0.2) is 24.3 Å². The van der Waals surface area contributed by atoms with Crippen molar-refractivity contribution in [2.45, 2.75) is 39.9 Å². The highest BCUT2D eigenvalue weighted by molar-refractivity contribution is 7.18. The molecule has 2 aromatic rings. The summed E-state index contributed by atoms with van der Waals surface area (Å²) in [6.07, 6.45) is -1.11. The lowest BCUT2D eigenvalue weighted by Crippen LogP contribution is -2.30. The predicted octanol–water partition coefficient (Wildman–Crippen LogP) is 4.55. The fourth-order valence-corrected chi connectivity index (χ4v) is 3.43. The minimum absolute atomic E-state index is 0.235. The fourth-order valence-electron chi connectivity index (χ4n) is 2.21. The number of carbonyl (C=O) groups excluding carboxylic acids is 2. The first-order chi connectivity index (χ1) is 12.7. The number of ether oxygens (including phenoxy) is 2. The van der Waals surface area contributed by atoms with Crippen LogP contribution in [0.1, 0.15) is 41.6 Å². The smallest absolute Gasteiger partial charge is 0.348 e. The van der Waals surface area contributed by atoms with Gasteiger partial charge < -0.3 is 14.8 Å². The van der Waals surface area contributed by atoms with Gasteiger partial charge in [-0.2, -0.15) is 5.26 Å². The van der Waals surface area contributed by atoms with Crippen molar-refractivity contribution in [3.63, 3.8) is 0 Å². The predicted molar refractivity (Wildman–Crippen MR) is 104 cm³/mol. The molecule has 0 unspecified atom stereocenters. The number of thiophene rings is 1.